The summed E-state index contributed by atoms with van der Waals surface area (Å²) in [4.78, 5) is 54.7. The van der Waals surface area contributed by atoms with E-state index in [1.165, 1.54) is 5.56 Å². The average Bonchev–Trinajstić information content (AvgIpc) is 3.58. The van der Waals surface area contributed by atoms with Crippen molar-refractivity contribution in [3.05, 3.63) is 81.0 Å². The maximum atomic E-state index is 13.3. The van der Waals surface area contributed by atoms with Gasteiger partial charge in [-0.25, -0.2) is 9.59 Å². The SMILES string of the molecule is CCC[C@H](NC(=O)Cc1c(C)c2cc3c4c(oc3cc2oc1=O)CCCC4)C(=O)N[C@H](Cc1c[nH]c2ccccc12)C(=O)O. The van der Waals surface area contributed by atoms with E-state index in [9.17, 15) is 24.3 Å². The zero-order valence-electron chi connectivity index (χ0n) is 24.7. The molecule has 44 heavy (non-hydrogen) atoms. The fourth-order valence-corrected chi connectivity index (χ4v) is 6.30. The number of fused-ring (bicyclic) bond motifs is 5. The molecule has 4 N–H and O–H groups in total. The van der Waals surface area contributed by atoms with Crippen molar-refractivity contribution in [1.29, 1.82) is 0 Å². The number of carbonyl (C=O) groups excluding carboxylic acids is 2. The highest BCUT2D eigenvalue weighted by atomic mass is 16.4. The molecule has 0 saturated carbocycles. The smallest absolute Gasteiger partial charge is 0.340 e. The topological polar surface area (TPSA) is 155 Å². The third-order valence-electron chi connectivity index (χ3n) is 8.64. The summed E-state index contributed by atoms with van der Waals surface area (Å²) in [5.41, 5.74) is 4.14. The fourth-order valence-electron chi connectivity index (χ4n) is 6.30. The molecule has 2 atom stereocenters. The molecule has 0 saturated heterocycles. The number of aliphatic carboxylic acids is 1. The summed E-state index contributed by atoms with van der Waals surface area (Å²) in [6.07, 6.45) is 6.39. The first-order valence-corrected chi connectivity index (χ1v) is 15.1. The van der Waals surface area contributed by atoms with E-state index in [1.807, 2.05) is 37.3 Å². The zero-order chi connectivity index (χ0) is 31.0. The Bertz CT molecular complexity index is 1960. The quantitative estimate of drug-likeness (QED) is 0.168. The van der Waals surface area contributed by atoms with Gasteiger partial charge in [0.25, 0.3) is 0 Å². The number of carboxylic acid groups (broad SMARTS) is 1. The maximum absolute atomic E-state index is 13.3. The van der Waals surface area contributed by atoms with Gasteiger partial charge in [-0.3, -0.25) is 9.59 Å². The standard InChI is InChI=1S/C34H35N3O7/c1-3-8-26(32(39)37-27(33(40)41)13-19-17-35-25-11-6-4-9-20(19)25)36-31(38)15-23-18(2)22-14-24-21-10-5-7-12-28(21)43-30(24)16-29(22)44-34(23)42/h4,6,9,11,14,16-17,26-27,35H,3,5,7-8,10,12-13,15H2,1-2H3,(H,36,38)(H,37,39)(H,40,41)/t26-,27+/m0/s1. The van der Waals surface area contributed by atoms with Gasteiger partial charge in [0.1, 0.15) is 29.0 Å². The van der Waals surface area contributed by atoms with E-state index in [4.69, 9.17) is 8.83 Å². The predicted octanol–water partition coefficient (Wildman–Crippen LogP) is 4.85. The number of H-pyrrole nitrogens is 1. The van der Waals surface area contributed by atoms with E-state index >= 15 is 0 Å². The van der Waals surface area contributed by atoms with Crippen molar-refractivity contribution in [1.82, 2.24) is 15.6 Å². The van der Waals surface area contributed by atoms with Crippen LogP contribution in [-0.2, 0) is 40.1 Å². The largest absolute Gasteiger partial charge is 0.480 e. The van der Waals surface area contributed by atoms with Gasteiger partial charge in [0.15, 0.2) is 0 Å². The van der Waals surface area contributed by atoms with Crippen LogP contribution in [0.2, 0.25) is 0 Å². The molecule has 2 aromatic carbocycles. The van der Waals surface area contributed by atoms with Crippen LogP contribution >= 0.6 is 0 Å². The highest BCUT2D eigenvalue weighted by molar-refractivity contribution is 5.98. The van der Waals surface area contributed by atoms with Crippen molar-refractivity contribution < 1.29 is 28.3 Å². The first kappa shape index (κ1) is 29.2. The maximum Gasteiger partial charge on any atom is 0.340 e. The summed E-state index contributed by atoms with van der Waals surface area (Å²) in [5, 5.41) is 17.8. The predicted molar refractivity (Wildman–Crippen MR) is 166 cm³/mol. The van der Waals surface area contributed by atoms with Crippen LogP contribution in [0, 0.1) is 6.92 Å². The van der Waals surface area contributed by atoms with Gasteiger partial charge in [-0.05, 0) is 55.9 Å². The molecule has 6 rings (SSSR count). The number of aromatic amines is 1. The van der Waals surface area contributed by atoms with Crippen LogP contribution in [0.5, 0.6) is 0 Å². The van der Waals surface area contributed by atoms with Gasteiger partial charge in [0.05, 0.1) is 12.0 Å². The first-order valence-electron chi connectivity index (χ1n) is 15.1. The van der Waals surface area contributed by atoms with Crippen LogP contribution in [0.3, 0.4) is 0 Å². The molecule has 10 nitrogen and oxygen atoms in total. The minimum absolute atomic E-state index is 0.0718. The molecule has 10 heteroatoms. The highest BCUT2D eigenvalue weighted by Gasteiger charge is 2.28. The number of aromatic nitrogens is 1. The van der Waals surface area contributed by atoms with Crippen molar-refractivity contribution in [2.45, 2.75) is 77.3 Å². The Morgan fingerprint density at radius 3 is 2.55 bits per heavy atom. The summed E-state index contributed by atoms with van der Waals surface area (Å²) < 4.78 is 11.7. The Morgan fingerprint density at radius 1 is 0.977 bits per heavy atom. The van der Waals surface area contributed by atoms with Gasteiger partial charge in [0, 0.05) is 52.3 Å². The summed E-state index contributed by atoms with van der Waals surface area (Å²) in [7, 11) is 0. The summed E-state index contributed by atoms with van der Waals surface area (Å²) in [6.45, 7) is 3.66. The monoisotopic (exact) mass is 597 g/mol. The van der Waals surface area contributed by atoms with Gasteiger partial charge in [0.2, 0.25) is 11.8 Å². The van der Waals surface area contributed by atoms with Crippen LogP contribution < -0.4 is 16.3 Å². The second-order valence-corrected chi connectivity index (χ2v) is 11.6. The lowest BCUT2D eigenvalue weighted by Crippen LogP contribution is -2.52. The number of nitrogens with one attached hydrogen (secondary N) is 3. The van der Waals surface area contributed by atoms with Crippen molar-refractivity contribution in [2.75, 3.05) is 0 Å². The molecular formula is C34H35N3O7. The lowest BCUT2D eigenvalue weighted by atomic mass is 9.94. The molecular weight excluding hydrogens is 562 g/mol. The molecule has 0 bridgehead atoms. The lowest BCUT2D eigenvalue weighted by Gasteiger charge is -2.21. The van der Waals surface area contributed by atoms with Gasteiger partial charge in [-0.1, -0.05) is 31.5 Å². The van der Waals surface area contributed by atoms with Gasteiger partial charge in [-0.2, -0.15) is 0 Å². The third kappa shape index (κ3) is 5.59. The Morgan fingerprint density at radius 2 is 1.75 bits per heavy atom. The number of carboxylic acids is 1. The molecule has 228 valence electrons. The first-order chi connectivity index (χ1) is 21.2. The number of furan rings is 1. The number of carbonyl (C=O) groups is 3. The van der Waals surface area contributed by atoms with E-state index < -0.39 is 35.5 Å². The van der Waals surface area contributed by atoms with Gasteiger partial charge in [-0.15, -0.1) is 0 Å². The number of amides is 2. The van der Waals surface area contributed by atoms with Gasteiger partial charge < -0.3 is 29.6 Å². The van der Waals surface area contributed by atoms with Crippen LogP contribution in [0.1, 0.15) is 60.6 Å². The van der Waals surface area contributed by atoms with E-state index in [-0.39, 0.29) is 18.4 Å². The van der Waals surface area contributed by atoms with Crippen LogP contribution in [0.4, 0.5) is 0 Å². The molecule has 1 aliphatic rings. The van der Waals surface area contributed by atoms with Crippen molar-refractivity contribution in [2.24, 2.45) is 0 Å². The fraction of sp³-hybridized carbons (Fsp3) is 0.353. The zero-order valence-corrected chi connectivity index (χ0v) is 24.7. The molecule has 3 heterocycles. The highest BCUT2D eigenvalue weighted by Crippen LogP contribution is 2.35. The molecule has 2 amide bonds. The normalized spacial score (nSPS) is 14.4. The summed E-state index contributed by atoms with van der Waals surface area (Å²) >= 11 is 0. The number of benzene rings is 2. The Hall–Kier alpha value is -4.86. The average molecular weight is 598 g/mol. The number of hydrogen-bond donors (Lipinski definition) is 4. The number of hydrogen-bond acceptors (Lipinski definition) is 6. The summed E-state index contributed by atoms with van der Waals surface area (Å²) in [6, 6.07) is 9.08. The van der Waals surface area contributed by atoms with Crippen molar-refractivity contribution in [3.8, 4) is 0 Å². The van der Waals surface area contributed by atoms with E-state index in [1.54, 1.807) is 19.2 Å². The number of para-hydroxylation sites is 1. The van der Waals surface area contributed by atoms with Gasteiger partial charge >= 0.3 is 11.6 Å². The molecule has 0 spiro atoms. The molecule has 0 unspecified atom stereocenters. The molecule has 1 aliphatic carbocycles. The number of aryl methyl sites for hydroxylation is 3. The Balaban J connectivity index is 1.19. The third-order valence-corrected chi connectivity index (χ3v) is 8.64. The number of rotatable bonds is 10. The van der Waals surface area contributed by atoms with Crippen LogP contribution in [0.15, 0.2) is 56.2 Å². The molecule has 0 radical (unpaired) electrons. The minimum Gasteiger partial charge on any atom is -0.480 e. The molecule has 0 fully saturated rings. The second kappa shape index (κ2) is 12.0. The molecule has 5 aromatic rings. The van der Waals surface area contributed by atoms with Crippen molar-refractivity contribution >= 4 is 50.6 Å². The minimum atomic E-state index is -1.20. The van der Waals surface area contributed by atoms with Crippen LogP contribution in [0.25, 0.3) is 32.8 Å². The second-order valence-electron chi connectivity index (χ2n) is 11.6. The van der Waals surface area contributed by atoms with E-state index in [0.717, 1.165) is 58.7 Å². The molecule has 0 aliphatic heterocycles. The summed E-state index contributed by atoms with van der Waals surface area (Å²) in [5.74, 6) is -1.32. The van der Waals surface area contributed by atoms with E-state index in [0.29, 0.717) is 29.6 Å². The molecule has 3 aromatic heterocycles. The Labute approximate surface area is 252 Å². The Kier molecular flexibility index (Phi) is 7.99. The van der Waals surface area contributed by atoms with E-state index in [2.05, 4.69) is 15.6 Å². The van der Waals surface area contributed by atoms with Crippen LogP contribution in [-0.4, -0.2) is 40.0 Å². The van der Waals surface area contributed by atoms with Crippen molar-refractivity contribution in [3.63, 3.8) is 0 Å². The lowest BCUT2D eigenvalue weighted by molar-refractivity contribution is -0.142.